The quantitative estimate of drug-likeness (QED) is 0.805. The Hall–Kier alpha value is -1.72. The van der Waals surface area contributed by atoms with Gasteiger partial charge in [-0.05, 0) is 36.6 Å². The highest BCUT2D eigenvalue weighted by Gasteiger charge is 2.31. The van der Waals surface area contributed by atoms with Crippen LogP contribution in [-0.4, -0.2) is 43.4 Å². The Kier molecular flexibility index (Phi) is 4.85. The molecule has 0 radical (unpaired) electrons. The van der Waals surface area contributed by atoms with Crippen molar-refractivity contribution in [3.8, 4) is 0 Å². The maximum atomic E-state index is 13.1. The average Bonchev–Trinajstić information content (AvgIpc) is 3.07. The van der Waals surface area contributed by atoms with E-state index in [9.17, 15) is 9.18 Å². The van der Waals surface area contributed by atoms with E-state index in [2.05, 4.69) is 0 Å². The summed E-state index contributed by atoms with van der Waals surface area (Å²) in [6.45, 7) is 2.75. The third-order valence-electron chi connectivity index (χ3n) is 4.15. The van der Waals surface area contributed by atoms with Crippen molar-refractivity contribution >= 4 is 12.0 Å². The summed E-state index contributed by atoms with van der Waals surface area (Å²) >= 11 is 0. The lowest BCUT2D eigenvalue weighted by atomic mass is 9.96. The number of hydrogen-bond acceptors (Lipinski definition) is 3. The topological polar surface area (TPSA) is 38.8 Å². The van der Waals surface area contributed by atoms with Gasteiger partial charge < -0.3 is 14.4 Å². The van der Waals surface area contributed by atoms with Crippen LogP contribution in [0.1, 0.15) is 18.4 Å². The van der Waals surface area contributed by atoms with E-state index in [-0.39, 0.29) is 18.0 Å². The first kappa shape index (κ1) is 15.2. The van der Waals surface area contributed by atoms with Crippen molar-refractivity contribution in [2.75, 3.05) is 26.3 Å². The van der Waals surface area contributed by atoms with Gasteiger partial charge >= 0.3 is 0 Å². The second kappa shape index (κ2) is 7.03. The maximum Gasteiger partial charge on any atom is 0.246 e. The molecule has 5 heteroatoms. The number of piperidine rings is 1. The number of ether oxygens (including phenoxy) is 2. The molecule has 2 heterocycles. The Morgan fingerprint density at radius 1 is 1.23 bits per heavy atom. The van der Waals surface area contributed by atoms with Crippen LogP contribution in [0.4, 0.5) is 4.39 Å². The van der Waals surface area contributed by atoms with Crippen LogP contribution in [0.25, 0.3) is 6.08 Å². The minimum atomic E-state index is -0.299. The van der Waals surface area contributed by atoms with Crippen LogP contribution in [0.2, 0.25) is 0 Å². The summed E-state index contributed by atoms with van der Waals surface area (Å²) in [7, 11) is 0. The number of hydrogen-bond donors (Lipinski definition) is 0. The lowest BCUT2D eigenvalue weighted by Crippen LogP contribution is -2.40. The number of amides is 1. The molecule has 1 aromatic carbocycles. The van der Waals surface area contributed by atoms with E-state index >= 15 is 0 Å². The Bertz CT molecular complexity index is 547. The zero-order chi connectivity index (χ0) is 15.4. The lowest BCUT2D eigenvalue weighted by Gasteiger charge is -2.33. The molecule has 2 aliphatic heterocycles. The zero-order valence-corrected chi connectivity index (χ0v) is 12.4. The van der Waals surface area contributed by atoms with E-state index < -0.39 is 0 Å². The van der Waals surface area contributed by atoms with Gasteiger partial charge in [-0.15, -0.1) is 0 Å². The standard InChI is InChI=1S/C17H20FNO3/c18-15-3-1-2-13(12-15)4-5-16(20)19-8-6-14(7-9-19)17-21-10-11-22-17/h1-5,12,14,17H,6-11H2/b5-4+. The Balaban J connectivity index is 1.51. The summed E-state index contributed by atoms with van der Waals surface area (Å²) in [5.74, 6) is 0.0432. The fourth-order valence-electron chi connectivity index (χ4n) is 2.92. The van der Waals surface area contributed by atoms with Gasteiger partial charge in [-0.3, -0.25) is 4.79 Å². The van der Waals surface area contributed by atoms with E-state index in [4.69, 9.17) is 9.47 Å². The van der Waals surface area contributed by atoms with Crippen LogP contribution in [0.5, 0.6) is 0 Å². The van der Waals surface area contributed by atoms with Crippen LogP contribution in [0.15, 0.2) is 30.3 Å². The molecule has 1 aromatic rings. The van der Waals surface area contributed by atoms with Crippen LogP contribution < -0.4 is 0 Å². The molecule has 2 fully saturated rings. The molecule has 22 heavy (non-hydrogen) atoms. The lowest BCUT2D eigenvalue weighted by molar-refractivity contribution is -0.131. The molecular formula is C17H20FNO3. The normalized spacial score (nSPS) is 20.9. The summed E-state index contributed by atoms with van der Waals surface area (Å²) in [6.07, 6.45) is 4.85. The largest absolute Gasteiger partial charge is 0.350 e. The minimum absolute atomic E-state index is 0.0315. The predicted octanol–water partition coefficient (Wildman–Crippen LogP) is 2.45. The van der Waals surface area contributed by atoms with E-state index in [0.29, 0.717) is 37.8 Å². The summed E-state index contributed by atoms with van der Waals surface area (Å²) < 4.78 is 24.1. The fourth-order valence-corrected chi connectivity index (χ4v) is 2.92. The number of carbonyl (C=O) groups excluding carboxylic acids is 1. The summed E-state index contributed by atoms with van der Waals surface area (Å²) in [5.41, 5.74) is 0.691. The highest BCUT2D eigenvalue weighted by molar-refractivity contribution is 5.91. The third-order valence-corrected chi connectivity index (χ3v) is 4.15. The molecule has 0 unspecified atom stereocenters. The first-order chi connectivity index (χ1) is 10.7. The van der Waals surface area contributed by atoms with Crippen LogP contribution >= 0.6 is 0 Å². The van der Waals surface area contributed by atoms with E-state index in [1.807, 2.05) is 4.90 Å². The van der Waals surface area contributed by atoms with Gasteiger partial charge in [-0.2, -0.15) is 0 Å². The molecule has 0 saturated carbocycles. The van der Waals surface area contributed by atoms with Crippen molar-refractivity contribution in [2.24, 2.45) is 5.92 Å². The van der Waals surface area contributed by atoms with Gasteiger partial charge in [0.05, 0.1) is 13.2 Å². The number of benzene rings is 1. The average molecular weight is 305 g/mol. The van der Waals surface area contributed by atoms with E-state index in [1.165, 1.54) is 18.2 Å². The molecule has 2 saturated heterocycles. The van der Waals surface area contributed by atoms with Gasteiger partial charge in [0, 0.05) is 25.1 Å². The van der Waals surface area contributed by atoms with Gasteiger partial charge in [0.1, 0.15) is 5.82 Å². The number of rotatable bonds is 3. The minimum Gasteiger partial charge on any atom is -0.350 e. The van der Waals surface area contributed by atoms with Crippen molar-refractivity contribution in [1.29, 1.82) is 0 Å². The summed E-state index contributed by atoms with van der Waals surface area (Å²) in [4.78, 5) is 14.0. The van der Waals surface area contributed by atoms with Crippen LogP contribution in [0.3, 0.4) is 0 Å². The first-order valence-corrected chi connectivity index (χ1v) is 7.68. The Morgan fingerprint density at radius 3 is 2.64 bits per heavy atom. The molecule has 4 nitrogen and oxygen atoms in total. The maximum absolute atomic E-state index is 13.1. The molecular weight excluding hydrogens is 285 g/mol. The van der Waals surface area contributed by atoms with Gasteiger partial charge in [0.15, 0.2) is 6.29 Å². The Morgan fingerprint density at radius 2 is 1.95 bits per heavy atom. The van der Waals surface area contributed by atoms with Crippen LogP contribution in [-0.2, 0) is 14.3 Å². The van der Waals surface area contributed by atoms with E-state index in [1.54, 1.807) is 18.2 Å². The summed E-state index contributed by atoms with van der Waals surface area (Å²) in [6, 6.07) is 6.20. The molecule has 3 rings (SSSR count). The molecule has 0 bridgehead atoms. The van der Waals surface area contributed by atoms with Gasteiger partial charge in [0.25, 0.3) is 0 Å². The molecule has 0 aliphatic carbocycles. The molecule has 118 valence electrons. The number of carbonyl (C=O) groups is 1. The fraction of sp³-hybridized carbons (Fsp3) is 0.471. The predicted molar refractivity (Wildman–Crippen MR) is 80.4 cm³/mol. The summed E-state index contributed by atoms with van der Waals surface area (Å²) in [5, 5.41) is 0. The first-order valence-electron chi connectivity index (χ1n) is 7.68. The molecule has 0 atom stereocenters. The molecule has 0 aromatic heterocycles. The van der Waals surface area contributed by atoms with Crippen molar-refractivity contribution in [2.45, 2.75) is 19.1 Å². The van der Waals surface area contributed by atoms with E-state index in [0.717, 1.165) is 12.8 Å². The van der Waals surface area contributed by atoms with Crippen molar-refractivity contribution in [3.05, 3.63) is 41.7 Å². The molecule has 0 spiro atoms. The Labute approximate surface area is 129 Å². The molecule has 1 amide bonds. The molecule has 2 aliphatic rings. The number of nitrogens with zero attached hydrogens (tertiary/aromatic N) is 1. The van der Waals surface area contributed by atoms with Crippen LogP contribution in [0, 0.1) is 11.7 Å². The SMILES string of the molecule is O=C(/C=C/c1cccc(F)c1)N1CCC(C2OCCO2)CC1. The number of halogens is 1. The van der Waals surface area contributed by atoms with Crippen molar-refractivity contribution in [1.82, 2.24) is 4.90 Å². The van der Waals surface area contributed by atoms with Gasteiger partial charge in [-0.1, -0.05) is 12.1 Å². The highest BCUT2D eigenvalue weighted by Crippen LogP contribution is 2.25. The van der Waals surface area contributed by atoms with Gasteiger partial charge in [-0.25, -0.2) is 4.39 Å². The second-order valence-corrected chi connectivity index (χ2v) is 5.66. The third kappa shape index (κ3) is 3.72. The van der Waals surface area contributed by atoms with Crippen molar-refractivity contribution < 1.29 is 18.7 Å². The van der Waals surface area contributed by atoms with Gasteiger partial charge in [0.2, 0.25) is 5.91 Å². The van der Waals surface area contributed by atoms with Crippen molar-refractivity contribution in [3.63, 3.8) is 0 Å². The smallest absolute Gasteiger partial charge is 0.246 e. The highest BCUT2D eigenvalue weighted by atomic mass is 19.1. The second-order valence-electron chi connectivity index (χ2n) is 5.66. The zero-order valence-electron chi connectivity index (χ0n) is 12.4. The number of likely N-dealkylation sites (tertiary alicyclic amines) is 1. The monoisotopic (exact) mass is 305 g/mol. The molecule has 0 N–H and O–H groups in total.